The number of aryl methyl sites for hydroxylation is 2. The number of amides is 1. The van der Waals surface area contributed by atoms with Gasteiger partial charge < -0.3 is 19.9 Å². The van der Waals surface area contributed by atoms with Crippen molar-refractivity contribution in [2.45, 2.75) is 32.7 Å². The molecule has 2 aromatic carbocycles. The molecule has 1 aliphatic rings. The quantitative estimate of drug-likeness (QED) is 0.462. The molecule has 1 aliphatic heterocycles. The number of Topliss-reactive ketones (excluding diaryl/α,β-unsaturated/α-hetero) is 1. The van der Waals surface area contributed by atoms with Gasteiger partial charge in [-0.05, 0) is 32.3 Å². The monoisotopic (exact) mass is 392 g/mol. The average Bonchev–Trinajstić information content (AvgIpc) is 2.93. The van der Waals surface area contributed by atoms with Gasteiger partial charge in [-0.25, -0.2) is 0 Å². The maximum atomic E-state index is 12.8. The van der Waals surface area contributed by atoms with E-state index in [1.807, 2.05) is 38.1 Å². The van der Waals surface area contributed by atoms with Gasteiger partial charge in [-0.1, -0.05) is 59.7 Å². The largest absolute Gasteiger partial charge is 0.550 e. The Morgan fingerprint density at radius 1 is 1.00 bits per heavy atom. The number of carbonyl (C=O) groups excluding carboxylic acids is 3. The molecule has 150 valence electrons. The smallest absolute Gasteiger partial charge is 0.295 e. The summed E-state index contributed by atoms with van der Waals surface area (Å²) >= 11 is 0. The van der Waals surface area contributed by atoms with Crippen LogP contribution >= 0.6 is 0 Å². The number of aliphatic hydroxyl groups is 1. The third-order valence-corrected chi connectivity index (χ3v) is 5.04. The molecule has 1 atom stereocenters. The van der Waals surface area contributed by atoms with E-state index in [9.17, 15) is 24.6 Å². The van der Waals surface area contributed by atoms with Gasteiger partial charge in [0.25, 0.3) is 11.7 Å². The van der Waals surface area contributed by atoms with Crippen molar-refractivity contribution in [1.82, 2.24) is 4.90 Å². The summed E-state index contributed by atoms with van der Waals surface area (Å²) in [6, 6.07) is 13.6. The molecule has 3 rings (SSSR count). The zero-order chi connectivity index (χ0) is 21.1. The lowest BCUT2D eigenvalue weighted by Gasteiger charge is -2.25. The van der Waals surface area contributed by atoms with Crippen LogP contribution in [0.25, 0.3) is 5.76 Å². The summed E-state index contributed by atoms with van der Waals surface area (Å²) in [4.78, 5) is 37.6. The second-order valence-corrected chi connectivity index (χ2v) is 7.24. The predicted octanol–water partition coefficient (Wildman–Crippen LogP) is 2.26. The number of hydrogen-bond donors (Lipinski definition) is 1. The summed E-state index contributed by atoms with van der Waals surface area (Å²) < 4.78 is 0. The number of benzene rings is 2. The minimum atomic E-state index is -1.21. The van der Waals surface area contributed by atoms with Crippen molar-refractivity contribution in [3.63, 3.8) is 0 Å². The summed E-state index contributed by atoms with van der Waals surface area (Å²) in [5.74, 6) is -2.98. The molecule has 29 heavy (non-hydrogen) atoms. The Morgan fingerprint density at radius 2 is 1.55 bits per heavy atom. The van der Waals surface area contributed by atoms with E-state index in [4.69, 9.17) is 0 Å². The average molecular weight is 392 g/mol. The maximum Gasteiger partial charge on any atom is 0.295 e. The fourth-order valence-corrected chi connectivity index (χ4v) is 3.47. The van der Waals surface area contributed by atoms with Crippen LogP contribution in [0.1, 0.15) is 41.1 Å². The Hall–Kier alpha value is -3.41. The summed E-state index contributed by atoms with van der Waals surface area (Å²) in [7, 11) is 0. The van der Waals surface area contributed by atoms with Crippen molar-refractivity contribution in [2.24, 2.45) is 0 Å². The van der Waals surface area contributed by atoms with E-state index in [0.29, 0.717) is 11.1 Å². The van der Waals surface area contributed by atoms with Gasteiger partial charge in [-0.3, -0.25) is 9.59 Å². The van der Waals surface area contributed by atoms with E-state index in [1.165, 1.54) is 4.90 Å². The van der Waals surface area contributed by atoms with Crippen LogP contribution < -0.4 is 5.11 Å². The van der Waals surface area contributed by atoms with E-state index in [1.54, 1.807) is 24.3 Å². The van der Waals surface area contributed by atoms with Crippen molar-refractivity contribution in [3.05, 3.63) is 76.4 Å². The Kier molecular flexibility index (Phi) is 5.82. The summed E-state index contributed by atoms with van der Waals surface area (Å²) in [5.41, 5.74) is 3.15. The van der Waals surface area contributed by atoms with Crippen molar-refractivity contribution < 1.29 is 24.6 Å². The minimum Gasteiger partial charge on any atom is -0.550 e. The third-order valence-electron chi connectivity index (χ3n) is 5.04. The number of likely N-dealkylation sites (tertiary alicyclic amines) is 1. The van der Waals surface area contributed by atoms with Crippen LogP contribution in [0, 0.1) is 13.8 Å². The molecule has 1 heterocycles. The van der Waals surface area contributed by atoms with Gasteiger partial charge in [0.1, 0.15) is 5.76 Å². The van der Waals surface area contributed by atoms with E-state index in [-0.39, 0.29) is 30.7 Å². The SMILES string of the molecule is Cc1ccc(C(O)=C2C(=O)C(=O)N(CCCC(=O)[O-])[C@@H]2c2ccc(C)cc2)cc1. The van der Waals surface area contributed by atoms with Gasteiger partial charge in [-0.2, -0.15) is 0 Å². The Labute approximate surface area is 169 Å². The first-order valence-corrected chi connectivity index (χ1v) is 9.41. The Morgan fingerprint density at radius 3 is 2.10 bits per heavy atom. The molecule has 0 saturated carbocycles. The van der Waals surface area contributed by atoms with Gasteiger partial charge in [0, 0.05) is 18.1 Å². The van der Waals surface area contributed by atoms with Crippen molar-refractivity contribution >= 4 is 23.4 Å². The molecule has 1 amide bonds. The minimum absolute atomic E-state index is 0.0103. The second kappa shape index (κ2) is 8.31. The highest BCUT2D eigenvalue weighted by Crippen LogP contribution is 2.39. The first-order chi connectivity index (χ1) is 13.8. The van der Waals surface area contributed by atoms with Crippen LogP contribution in [0.15, 0.2) is 54.1 Å². The molecular formula is C23H22NO5-. The molecule has 1 fully saturated rings. The van der Waals surface area contributed by atoms with Gasteiger partial charge >= 0.3 is 0 Å². The van der Waals surface area contributed by atoms with Crippen molar-refractivity contribution in [1.29, 1.82) is 0 Å². The highest BCUT2D eigenvalue weighted by molar-refractivity contribution is 6.46. The molecular weight excluding hydrogens is 370 g/mol. The number of carbonyl (C=O) groups is 3. The topological polar surface area (TPSA) is 97.7 Å². The van der Waals surface area contributed by atoms with Gasteiger partial charge in [0.15, 0.2) is 0 Å². The van der Waals surface area contributed by atoms with Crippen molar-refractivity contribution in [3.8, 4) is 0 Å². The van der Waals surface area contributed by atoms with Gasteiger partial charge in [-0.15, -0.1) is 0 Å². The summed E-state index contributed by atoms with van der Waals surface area (Å²) in [6.45, 7) is 3.90. The fourth-order valence-electron chi connectivity index (χ4n) is 3.47. The summed E-state index contributed by atoms with van der Waals surface area (Å²) in [6.07, 6.45) is -0.0656. The number of nitrogens with zero attached hydrogens (tertiary/aromatic N) is 1. The molecule has 0 radical (unpaired) electrons. The van der Waals surface area contributed by atoms with Crippen LogP contribution in [0.5, 0.6) is 0 Å². The lowest BCUT2D eigenvalue weighted by Crippen LogP contribution is -2.32. The predicted molar refractivity (Wildman–Crippen MR) is 106 cm³/mol. The Bertz CT molecular complexity index is 973. The maximum absolute atomic E-state index is 12.8. The Balaban J connectivity index is 2.08. The number of aliphatic hydroxyl groups excluding tert-OH is 1. The number of hydrogen-bond acceptors (Lipinski definition) is 5. The summed E-state index contributed by atoms with van der Waals surface area (Å²) in [5, 5.41) is 21.7. The van der Waals surface area contributed by atoms with E-state index in [2.05, 4.69) is 0 Å². The molecule has 0 aromatic heterocycles. The number of ketones is 1. The lowest BCUT2D eigenvalue weighted by atomic mass is 9.94. The normalized spacial score (nSPS) is 18.3. The van der Waals surface area contributed by atoms with E-state index >= 15 is 0 Å². The zero-order valence-electron chi connectivity index (χ0n) is 16.3. The lowest BCUT2D eigenvalue weighted by molar-refractivity contribution is -0.305. The molecule has 0 spiro atoms. The highest BCUT2D eigenvalue weighted by atomic mass is 16.4. The number of carboxylic acid groups (broad SMARTS) is 1. The molecule has 1 N–H and O–H groups in total. The van der Waals surface area contributed by atoms with Crippen LogP contribution in [0.3, 0.4) is 0 Å². The molecule has 6 heteroatoms. The third kappa shape index (κ3) is 4.21. The molecule has 6 nitrogen and oxygen atoms in total. The standard InChI is InChI=1S/C23H23NO5/c1-14-5-9-16(10-6-14)20-19(21(27)17-11-7-15(2)8-12-17)22(28)23(29)24(20)13-3-4-18(25)26/h5-12,20,27H,3-4,13H2,1-2H3,(H,25,26)/p-1/t20-/m1/s1. The first-order valence-electron chi connectivity index (χ1n) is 9.41. The fraction of sp³-hybridized carbons (Fsp3) is 0.261. The van der Waals surface area contributed by atoms with Crippen molar-refractivity contribution in [2.75, 3.05) is 6.54 Å². The van der Waals surface area contributed by atoms with Crippen LogP contribution in [0.2, 0.25) is 0 Å². The van der Waals surface area contributed by atoms with Gasteiger partial charge in [0.2, 0.25) is 0 Å². The molecule has 0 bridgehead atoms. The second-order valence-electron chi connectivity index (χ2n) is 7.24. The van der Waals surface area contributed by atoms with Crippen LogP contribution in [0.4, 0.5) is 0 Å². The number of aliphatic carboxylic acids is 1. The highest BCUT2D eigenvalue weighted by Gasteiger charge is 2.45. The molecule has 1 saturated heterocycles. The first kappa shape index (κ1) is 20.3. The number of rotatable bonds is 6. The van der Waals surface area contributed by atoms with Gasteiger partial charge in [0.05, 0.1) is 11.6 Å². The van der Waals surface area contributed by atoms with E-state index in [0.717, 1.165) is 11.1 Å². The van der Waals surface area contributed by atoms with Crippen LogP contribution in [-0.4, -0.2) is 34.2 Å². The molecule has 2 aromatic rings. The molecule has 0 aliphatic carbocycles. The number of carboxylic acids is 1. The van der Waals surface area contributed by atoms with Crippen LogP contribution in [-0.2, 0) is 14.4 Å². The zero-order valence-corrected chi connectivity index (χ0v) is 16.3. The molecule has 0 unspecified atom stereocenters. The van der Waals surface area contributed by atoms with E-state index < -0.39 is 23.7 Å².